The third kappa shape index (κ3) is 4.12. The average Bonchev–Trinajstić information content (AvgIpc) is 2.32. The number of aliphatic hydroxyl groups excluding tert-OH is 1. The normalized spacial score (nSPS) is 12.4. The van der Waals surface area contributed by atoms with E-state index in [1.807, 2.05) is 11.9 Å². The SMILES string of the molecule is CCCN(C)c1cnn(CC(O)COC)c(=O)c1. The summed E-state index contributed by atoms with van der Waals surface area (Å²) >= 11 is 0. The number of hydrogen-bond donors (Lipinski definition) is 1. The first-order chi connectivity index (χ1) is 8.58. The highest BCUT2D eigenvalue weighted by Gasteiger charge is 2.08. The maximum atomic E-state index is 11.8. The van der Waals surface area contributed by atoms with Gasteiger partial charge in [-0.25, -0.2) is 4.68 Å². The maximum Gasteiger partial charge on any atom is 0.268 e. The lowest BCUT2D eigenvalue weighted by molar-refractivity contribution is 0.0504. The fourth-order valence-electron chi connectivity index (χ4n) is 1.68. The second kappa shape index (κ2) is 7.13. The van der Waals surface area contributed by atoms with E-state index in [9.17, 15) is 9.90 Å². The molecule has 0 spiro atoms. The highest BCUT2D eigenvalue weighted by atomic mass is 16.5. The molecule has 1 unspecified atom stereocenters. The number of aromatic nitrogens is 2. The molecule has 0 amide bonds. The van der Waals surface area contributed by atoms with Crippen molar-refractivity contribution < 1.29 is 9.84 Å². The number of rotatable bonds is 7. The standard InChI is InChI=1S/C12H21N3O3/c1-4-5-14(2)10-6-12(17)15(13-7-10)8-11(16)9-18-3/h6-7,11,16H,4-5,8-9H2,1-3H3. The fraction of sp³-hybridized carbons (Fsp3) is 0.667. The van der Waals surface area contributed by atoms with Crippen LogP contribution in [-0.2, 0) is 11.3 Å². The van der Waals surface area contributed by atoms with Crippen molar-refractivity contribution in [2.24, 2.45) is 0 Å². The van der Waals surface area contributed by atoms with Crippen LogP contribution in [0.2, 0.25) is 0 Å². The van der Waals surface area contributed by atoms with Gasteiger partial charge in [0.05, 0.1) is 31.1 Å². The van der Waals surface area contributed by atoms with Crippen LogP contribution in [0.4, 0.5) is 5.69 Å². The summed E-state index contributed by atoms with van der Waals surface area (Å²) in [6, 6.07) is 1.53. The van der Waals surface area contributed by atoms with Gasteiger partial charge in [-0.2, -0.15) is 5.10 Å². The van der Waals surface area contributed by atoms with Gasteiger partial charge in [0.2, 0.25) is 0 Å². The quantitative estimate of drug-likeness (QED) is 0.748. The van der Waals surface area contributed by atoms with Crippen molar-refractivity contribution in [2.75, 3.05) is 32.2 Å². The Morgan fingerprint density at radius 1 is 1.61 bits per heavy atom. The van der Waals surface area contributed by atoms with E-state index in [2.05, 4.69) is 12.0 Å². The first kappa shape index (κ1) is 14.7. The van der Waals surface area contributed by atoms with Crippen LogP contribution in [0.3, 0.4) is 0 Å². The lowest BCUT2D eigenvalue weighted by Crippen LogP contribution is -2.31. The zero-order chi connectivity index (χ0) is 13.5. The molecule has 1 rings (SSSR count). The Labute approximate surface area is 107 Å². The molecular formula is C12H21N3O3. The lowest BCUT2D eigenvalue weighted by Gasteiger charge is -2.18. The highest BCUT2D eigenvalue weighted by molar-refractivity contribution is 5.41. The number of methoxy groups -OCH3 is 1. The van der Waals surface area contributed by atoms with Crippen molar-refractivity contribution in [3.63, 3.8) is 0 Å². The molecule has 1 N–H and O–H groups in total. The number of ether oxygens (including phenoxy) is 1. The predicted octanol–water partition coefficient (Wildman–Crippen LogP) is 0.0968. The van der Waals surface area contributed by atoms with Crippen LogP contribution in [0.5, 0.6) is 0 Å². The molecule has 6 heteroatoms. The van der Waals surface area contributed by atoms with Crippen LogP contribution in [0.1, 0.15) is 13.3 Å². The maximum absolute atomic E-state index is 11.8. The van der Waals surface area contributed by atoms with Crippen LogP contribution in [-0.4, -0.2) is 48.3 Å². The molecule has 6 nitrogen and oxygen atoms in total. The Kier molecular flexibility index (Phi) is 5.80. The van der Waals surface area contributed by atoms with Crippen molar-refractivity contribution in [1.82, 2.24) is 9.78 Å². The van der Waals surface area contributed by atoms with Crippen LogP contribution < -0.4 is 10.5 Å². The second-order valence-corrected chi connectivity index (χ2v) is 4.26. The molecule has 102 valence electrons. The van der Waals surface area contributed by atoms with Crippen molar-refractivity contribution in [3.8, 4) is 0 Å². The summed E-state index contributed by atoms with van der Waals surface area (Å²) in [5.41, 5.74) is 0.574. The minimum Gasteiger partial charge on any atom is -0.389 e. The van der Waals surface area contributed by atoms with E-state index in [1.165, 1.54) is 17.9 Å². The van der Waals surface area contributed by atoms with Crippen molar-refractivity contribution in [2.45, 2.75) is 26.0 Å². The smallest absolute Gasteiger partial charge is 0.268 e. The predicted molar refractivity (Wildman–Crippen MR) is 69.9 cm³/mol. The first-order valence-electron chi connectivity index (χ1n) is 6.03. The minimum atomic E-state index is -0.723. The molecule has 0 bridgehead atoms. The van der Waals surface area contributed by atoms with Crippen molar-refractivity contribution in [3.05, 3.63) is 22.6 Å². The molecule has 18 heavy (non-hydrogen) atoms. The van der Waals surface area contributed by atoms with Gasteiger partial charge in [-0.3, -0.25) is 4.79 Å². The van der Waals surface area contributed by atoms with Crippen LogP contribution >= 0.6 is 0 Å². The molecular weight excluding hydrogens is 234 g/mol. The summed E-state index contributed by atoms with van der Waals surface area (Å²) in [5, 5.41) is 13.6. The number of aliphatic hydroxyl groups is 1. The molecule has 0 saturated carbocycles. The fourth-order valence-corrected chi connectivity index (χ4v) is 1.68. The molecule has 0 aliphatic heterocycles. The molecule has 1 aromatic heterocycles. The van der Waals surface area contributed by atoms with Gasteiger partial charge in [0.15, 0.2) is 0 Å². The summed E-state index contributed by atoms with van der Waals surface area (Å²) in [5.74, 6) is 0. The summed E-state index contributed by atoms with van der Waals surface area (Å²) < 4.78 is 6.05. The van der Waals surface area contributed by atoms with Crippen LogP contribution in [0.25, 0.3) is 0 Å². The molecule has 0 aliphatic rings. The molecule has 0 fully saturated rings. The minimum absolute atomic E-state index is 0.143. The largest absolute Gasteiger partial charge is 0.389 e. The Hall–Kier alpha value is -1.40. The lowest BCUT2D eigenvalue weighted by atomic mass is 10.3. The van der Waals surface area contributed by atoms with Gasteiger partial charge in [0.25, 0.3) is 5.56 Å². The Morgan fingerprint density at radius 3 is 2.89 bits per heavy atom. The second-order valence-electron chi connectivity index (χ2n) is 4.26. The number of anilines is 1. The van der Waals surface area contributed by atoms with Gasteiger partial charge < -0.3 is 14.7 Å². The van der Waals surface area contributed by atoms with E-state index >= 15 is 0 Å². The molecule has 0 radical (unpaired) electrons. The summed E-state index contributed by atoms with van der Waals surface area (Å²) in [4.78, 5) is 13.8. The van der Waals surface area contributed by atoms with E-state index in [0.717, 1.165) is 18.7 Å². The third-order valence-electron chi connectivity index (χ3n) is 2.60. The molecule has 0 aliphatic carbocycles. The topological polar surface area (TPSA) is 67.6 Å². The molecule has 0 aromatic carbocycles. The third-order valence-corrected chi connectivity index (χ3v) is 2.60. The van der Waals surface area contributed by atoms with Crippen LogP contribution in [0.15, 0.2) is 17.1 Å². The summed E-state index contributed by atoms with van der Waals surface area (Å²) in [6.07, 6.45) is 1.92. The molecule has 1 aromatic rings. The molecule has 0 saturated heterocycles. The van der Waals surface area contributed by atoms with Gasteiger partial charge in [-0.1, -0.05) is 6.92 Å². The van der Waals surface area contributed by atoms with E-state index in [4.69, 9.17) is 4.74 Å². The van der Waals surface area contributed by atoms with E-state index in [0.29, 0.717) is 0 Å². The molecule has 1 atom stereocenters. The highest BCUT2D eigenvalue weighted by Crippen LogP contribution is 2.07. The monoisotopic (exact) mass is 255 g/mol. The number of hydrogen-bond acceptors (Lipinski definition) is 5. The molecule has 1 heterocycles. The van der Waals surface area contributed by atoms with Crippen LogP contribution in [0, 0.1) is 0 Å². The first-order valence-corrected chi connectivity index (χ1v) is 6.03. The van der Waals surface area contributed by atoms with Gasteiger partial charge >= 0.3 is 0 Å². The van der Waals surface area contributed by atoms with Gasteiger partial charge in [0, 0.05) is 26.8 Å². The average molecular weight is 255 g/mol. The van der Waals surface area contributed by atoms with Gasteiger partial charge in [0.1, 0.15) is 0 Å². The van der Waals surface area contributed by atoms with Gasteiger partial charge in [-0.15, -0.1) is 0 Å². The zero-order valence-electron chi connectivity index (χ0n) is 11.2. The van der Waals surface area contributed by atoms with Crippen molar-refractivity contribution >= 4 is 5.69 Å². The number of nitrogens with zero attached hydrogens (tertiary/aromatic N) is 3. The van der Waals surface area contributed by atoms with E-state index in [-0.39, 0.29) is 18.7 Å². The Balaban J connectivity index is 2.76. The Morgan fingerprint density at radius 2 is 2.33 bits per heavy atom. The van der Waals surface area contributed by atoms with E-state index < -0.39 is 6.10 Å². The van der Waals surface area contributed by atoms with Gasteiger partial charge in [-0.05, 0) is 6.42 Å². The Bertz CT molecular complexity index is 419. The zero-order valence-corrected chi connectivity index (χ0v) is 11.2. The summed E-state index contributed by atoms with van der Waals surface area (Å²) in [7, 11) is 3.42. The van der Waals surface area contributed by atoms with Crippen molar-refractivity contribution in [1.29, 1.82) is 0 Å². The van der Waals surface area contributed by atoms with E-state index in [1.54, 1.807) is 6.20 Å². The summed E-state index contributed by atoms with van der Waals surface area (Å²) in [6.45, 7) is 3.28.